The summed E-state index contributed by atoms with van der Waals surface area (Å²) >= 11 is 0. The van der Waals surface area contributed by atoms with Crippen LogP contribution in [-0.2, 0) is 9.53 Å². The molecule has 10 nitrogen and oxygen atoms in total. The van der Waals surface area contributed by atoms with Gasteiger partial charge in [-0.05, 0) is 38.1 Å². The molecule has 0 fully saturated rings. The SMILES string of the molecule is CC(OC(=O)C1Oc2ccccc2OC1C)c1nnc(-c2ccc([N+](=O)[O-])cc2)o1. The van der Waals surface area contributed by atoms with Gasteiger partial charge in [-0.1, -0.05) is 12.1 Å². The molecular formula is C20H17N3O7. The minimum atomic E-state index is -0.945. The van der Waals surface area contributed by atoms with Crippen LogP contribution in [0, 0.1) is 10.1 Å². The number of para-hydroxylation sites is 2. The van der Waals surface area contributed by atoms with Crippen molar-refractivity contribution in [2.24, 2.45) is 0 Å². The van der Waals surface area contributed by atoms with Crippen molar-refractivity contribution in [2.75, 3.05) is 0 Å². The molecular weight excluding hydrogens is 394 g/mol. The van der Waals surface area contributed by atoms with E-state index in [2.05, 4.69) is 10.2 Å². The zero-order chi connectivity index (χ0) is 21.3. The lowest BCUT2D eigenvalue weighted by Crippen LogP contribution is -2.44. The van der Waals surface area contributed by atoms with Gasteiger partial charge in [0.15, 0.2) is 17.6 Å². The predicted molar refractivity (Wildman–Crippen MR) is 102 cm³/mol. The Labute approximate surface area is 170 Å². The van der Waals surface area contributed by atoms with E-state index in [0.717, 1.165) is 0 Å². The average Bonchev–Trinajstić information content (AvgIpc) is 3.23. The van der Waals surface area contributed by atoms with Crippen molar-refractivity contribution in [3.8, 4) is 23.0 Å². The first-order valence-corrected chi connectivity index (χ1v) is 9.13. The van der Waals surface area contributed by atoms with E-state index < -0.39 is 29.2 Å². The lowest BCUT2D eigenvalue weighted by atomic mass is 10.2. The van der Waals surface area contributed by atoms with Crippen molar-refractivity contribution < 1.29 is 28.3 Å². The van der Waals surface area contributed by atoms with E-state index in [-0.39, 0.29) is 17.5 Å². The Hall–Kier alpha value is -3.95. The molecule has 1 aromatic heterocycles. The molecule has 0 saturated heterocycles. The van der Waals surface area contributed by atoms with Gasteiger partial charge >= 0.3 is 5.97 Å². The number of aromatic nitrogens is 2. The molecule has 2 heterocycles. The standard InChI is InChI=1S/C20H17N3O7/c1-11-17(29-16-6-4-3-5-15(16)27-11)20(24)28-12(2)18-21-22-19(30-18)13-7-9-14(10-8-13)23(25)26/h3-12,17H,1-2H3. The zero-order valence-electron chi connectivity index (χ0n) is 16.1. The van der Waals surface area contributed by atoms with Crippen molar-refractivity contribution in [3.63, 3.8) is 0 Å². The lowest BCUT2D eigenvalue weighted by Gasteiger charge is -2.30. The van der Waals surface area contributed by atoms with E-state index in [0.29, 0.717) is 17.1 Å². The Balaban J connectivity index is 1.43. The Morgan fingerprint density at radius 1 is 1.10 bits per heavy atom. The quantitative estimate of drug-likeness (QED) is 0.352. The zero-order valence-corrected chi connectivity index (χ0v) is 16.1. The molecule has 1 aliphatic heterocycles. The van der Waals surface area contributed by atoms with Crippen LogP contribution >= 0.6 is 0 Å². The highest BCUT2D eigenvalue weighted by Gasteiger charge is 2.36. The molecule has 3 aromatic rings. The van der Waals surface area contributed by atoms with Gasteiger partial charge < -0.3 is 18.6 Å². The number of rotatable bonds is 5. The lowest BCUT2D eigenvalue weighted by molar-refractivity contribution is -0.384. The molecule has 30 heavy (non-hydrogen) atoms. The van der Waals surface area contributed by atoms with Gasteiger partial charge in [0.05, 0.1) is 4.92 Å². The number of carbonyl (C=O) groups excluding carboxylic acids is 1. The number of hydrogen-bond donors (Lipinski definition) is 0. The third-order valence-electron chi connectivity index (χ3n) is 4.48. The van der Waals surface area contributed by atoms with Gasteiger partial charge in [0.2, 0.25) is 12.0 Å². The van der Waals surface area contributed by atoms with Crippen LogP contribution in [0.1, 0.15) is 25.8 Å². The maximum absolute atomic E-state index is 12.6. The molecule has 0 N–H and O–H groups in total. The molecule has 154 valence electrons. The number of carbonyl (C=O) groups is 1. The molecule has 0 spiro atoms. The van der Waals surface area contributed by atoms with E-state index in [1.807, 2.05) is 6.07 Å². The molecule has 0 radical (unpaired) electrons. The Kier molecular flexibility index (Phi) is 5.05. The number of hydrogen-bond acceptors (Lipinski definition) is 9. The summed E-state index contributed by atoms with van der Waals surface area (Å²) < 4.78 is 22.4. The molecule has 0 aliphatic carbocycles. The molecule has 0 bridgehead atoms. The molecule has 0 saturated carbocycles. The van der Waals surface area contributed by atoms with Gasteiger partial charge in [-0.2, -0.15) is 0 Å². The van der Waals surface area contributed by atoms with Crippen LogP contribution in [0.4, 0.5) is 5.69 Å². The summed E-state index contributed by atoms with van der Waals surface area (Å²) in [7, 11) is 0. The van der Waals surface area contributed by atoms with E-state index in [4.69, 9.17) is 18.6 Å². The van der Waals surface area contributed by atoms with Gasteiger partial charge in [0, 0.05) is 17.7 Å². The average molecular weight is 411 g/mol. The van der Waals surface area contributed by atoms with Crippen LogP contribution in [-0.4, -0.2) is 33.3 Å². The highest BCUT2D eigenvalue weighted by molar-refractivity contribution is 5.76. The van der Waals surface area contributed by atoms with E-state index in [1.165, 1.54) is 24.3 Å². The van der Waals surface area contributed by atoms with Crippen LogP contribution in [0.5, 0.6) is 11.5 Å². The van der Waals surface area contributed by atoms with E-state index in [1.54, 1.807) is 32.0 Å². The first kappa shape index (κ1) is 19.4. The minimum Gasteiger partial charge on any atom is -0.482 e. The second-order valence-corrected chi connectivity index (χ2v) is 6.64. The number of ether oxygens (including phenoxy) is 3. The third kappa shape index (κ3) is 3.79. The largest absolute Gasteiger partial charge is 0.482 e. The topological polar surface area (TPSA) is 127 Å². The fourth-order valence-electron chi connectivity index (χ4n) is 2.91. The summed E-state index contributed by atoms with van der Waals surface area (Å²) in [6.07, 6.45) is -2.32. The van der Waals surface area contributed by atoms with Crippen molar-refractivity contribution >= 4 is 11.7 Å². The first-order chi connectivity index (χ1) is 14.4. The summed E-state index contributed by atoms with van der Waals surface area (Å²) in [4.78, 5) is 22.9. The summed E-state index contributed by atoms with van der Waals surface area (Å²) in [5.74, 6) is 0.638. The highest BCUT2D eigenvalue weighted by atomic mass is 16.6. The second-order valence-electron chi connectivity index (χ2n) is 6.64. The number of non-ortho nitro benzene ring substituents is 1. The van der Waals surface area contributed by atoms with Gasteiger partial charge in [0.1, 0.15) is 6.10 Å². The summed E-state index contributed by atoms with van der Waals surface area (Å²) in [6, 6.07) is 12.7. The fraction of sp³-hybridized carbons (Fsp3) is 0.250. The summed E-state index contributed by atoms with van der Waals surface area (Å²) in [6.45, 7) is 3.30. The highest BCUT2D eigenvalue weighted by Crippen LogP contribution is 2.34. The van der Waals surface area contributed by atoms with E-state index in [9.17, 15) is 14.9 Å². The van der Waals surface area contributed by atoms with Gasteiger partial charge in [-0.25, -0.2) is 4.79 Å². The van der Waals surface area contributed by atoms with Crippen LogP contribution in [0.15, 0.2) is 52.9 Å². The number of fused-ring (bicyclic) bond motifs is 1. The second kappa shape index (κ2) is 7.82. The first-order valence-electron chi connectivity index (χ1n) is 9.13. The molecule has 2 aromatic carbocycles. The smallest absolute Gasteiger partial charge is 0.352 e. The molecule has 3 unspecified atom stereocenters. The normalized spacial score (nSPS) is 18.5. The molecule has 3 atom stereocenters. The maximum atomic E-state index is 12.6. The van der Waals surface area contributed by atoms with E-state index >= 15 is 0 Å². The number of benzene rings is 2. The van der Waals surface area contributed by atoms with Crippen LogP contribution in [0.25, 0.3) is 11.5 Å². The number of nitro benzene ring substituents is 1. The fourth-order valence-corrected chi connectivity index (χ4v) is 2.91. The van der Waals surface area contributed by atoms with Gasteiger partial charge in [-0.3, -0.25) is 10.1 Å². The third-order valence-corrected chi connectivity index (χ3v) is 4.48. The van der Waals surface area contributed by atoms with Crippen molar-refractivity contribution in [1.82, 2.24) is 10.2 Å². The maximum Gasteiger partial charge on any atom is 0.352 e. The van der Waals surface area contributed by atoms with Crippen molar-refractivity contribution in [3.05, 3.63) is 64.5 Å². The number of esters is 1. The Morgan fingerprint density at radius 2 is 1.77 bits per heavy atom. The molecule has 4 rings (SSSR count). The van der Waals surface area contributed by atoms with Gasteiger partial charge in [-0.15, -0.1) is 10.2 Å². The minimum absolute atomic E-state index is 0.0498. The van der Waals surface area contributed by atoms with Gasteiger partial charge in [0.25, 0.3) is 11.6 Å². The molecule has 10 heteroatoms. The predicted octanol–water partition coefficient (Wildman–Crippen LogP) is 3.48. The number of nitro groups is 1. The number of nitrogens with zero attached hydrogens (tertiary/aromatic N) is 3. The Morgan fingerprint density at radius 3 is 2.43 bits per heavy atom. The Bertz CT molecular complexity index is 1080. The van der Waals surface area contributed by atoms with Crippen LogP contribution < -0.4 is 9.47 Å². The molecule has 1 aliphatic rings. The summed E-state index contributed by atoms with van der Waals surface area (Å²) in [5, 5.41) is 18.6. The van der Waals surface area contributed by atoms with Crippen molar-refractivity contribution in [1.29, 1.82) is 0 Å². The monoisotopic (exact) mass is 411 g/mol. The van der Waals surface area contributed by atoms with Crippen molar-refractivity contribution in [2.45, 2.75) is 32.2 Å². The van der Waals surface area contributed by atoms with Crippen LogP contribution in [0.2, 0.25) is 0 Å². The molecule has 0 amide bonds. The van der Waals surface area contributed by atoms with Crippen LogP contribution in [0.3, 0.4) is 0 Å². The summed E-state index contributed by atoms with van der Waals surface area (Å²) in [5.41, 5.74) is 0.457.